The molecule has 0 aromatic heterocycles. The molecular weight excluding hydrogens is 94.1 g/mol. The van der Waals surface area contributed by atoms with E-state index in [9.17, 15) is 0 Å². The number of rotatable bonds is 1. The van der Waals surface area contributed by atoms with Crippen LogP contribution >= 0.6 is 0 Å². The van der Waals surface area contributed by atoms with E-state index in [0.29, 0.717) is 5.84 Å². The van der Waals surface area contributed by atoms with Crippen molar-refractivity contribution in [2.75, 3.05) is 7.05 Å². The van der Waals surface area contributed by atoms with Gasteiger partial charge in [-0.05, 0) is 6.92 Å². The summed E-state index contributed by atoms with van der Waals surface area (Å²) in [4.78, 5) is 0. The molecule has 0 amide bonds. The van der Waals surface area contributed by atoms with Crippen molar-refractivity contribution in [1.82, 2.24) is 10.9 Å². The second-order valence-corrected chi connectivity index (χ2v) is 1.05. The molecular formula is C3H9N3O. The first-order chi connectivity index (χ1) is 3.31. The van der Waals surface area contributed by atoms with Crippen LogP contribution in [0.25, 0.3) is 0 Å². The number of amidine groups is 1. The zero-order chi connectivity index (χ0) is 5.70. The molecule has 0 radical (unpaired) electrons. The quantitative estimate of drug-likeness (QED) is 0.238. The van der Waals surface area contributed by atoms with Gasteiger partial charge in [-0.25, -0.2) is 0 Å². The van der Waals surface area contributed by atoms with Gasteiger partial charge in [0, 0.05) is 7.05 Å². The lowest BCUT2D eigenvalue weighted by Gasteiger charge is -1.92. The van der Waals surface area contributed by atoms with E-state index in [1.165, 1.54) is 0 Å². The Morgan fingerprint density at radius 2 is 2.29 bits per heavy atom. The number of hydrazone groups is 1. The first kappa shape index (κ1) is 6.23. The molecule has 0 aromatic carbocycles. The Bertz CT molecular complexity index is 70.6. The molecule has 0 saturated heterocycles. The average Bonchev–Trinajstić information content (AvgIpc) is 1.68. The van der Waals surface area contributed by atoms with Crippen molar-refractivity contribution in [2.45, 2.75) is 6.92 Å². The zero-order valence-corrected chi connectivity index (χ0v) is 4.39. The molecule has 0 aliphatic heterocycles. The van der Waals surface area contributed by atoms with Crippen molar-refractivity contribution in [1.29, 1.82) is 0 Å². The lowest BCUT2D eigenvalue weighted by molar-refractivity contribution is 0.171. The fraction of sp³-hybridized carbons (Fsp3) is 0.667. The summed E-state index contributed by atoms with van der Waals surface area (Å²) in [6.45, 7) is 1.73. The summed E-state index contributed by atoms with van der Waals surface area (Å²) in [5.74, 6) is 0.641. The molecule has 3 N–H and O–H groups in total. The van der Waals surface area contributed by atoms with Crippen LogP contribution in [-0.4, -0.2) is 18.1 Å². The van der Waals surface area contributed by atoms with Crippen molar-refractivity contribution in [3.63, 3.8) is 0 Å². The van der Waals surface area contributed by atoms with Gasteiger partial charge in [-0.3, -0.25) is 5.21 Å². The molecule has 42 valence electrons. The molecule has 4 heteroatoms. The fourth-order valence-corrected chi connectivity index (χ4v) is 0.131. The summed E-state index contributed by atoms with van der Waals surface area (Å²) in [5, 5.41) is 13.9. The Morgan fingerprint density at radius 3 is 2.43 bits per heavy atom. The SMILES string of the molecule is CN/C(C)=N\NO. The van der Waals surface area contributed by atoms with E-state index < -0.39 is 0 Å². The van der Waals surface area contributed by atoms with Crippen LogP contribution in [0.5, 0.6) is 0 Å². The minimum absolute atomic E-state index is 0.641. The second-order valence-electron chi connectivity index (χ2n) is 1.05. The third-order valence-corrected chi connectivity index (χ3v) is 0.580. The van der Waals surface area contributed by atoms with Gasteiger partial charge in [0.15, 0.2) is 0 Å². The highest BCUT2D eigenvalue weighted by Gasteiger charge is 1.75. The van der Waals surface area contributed by atoms with E-state index in [2.05, 4.69) is 10.4 Å². The molecule has 0 bridgehead atoms. The Balaban J connectivity index is 3.29. The van der Waals surface area contributed by atoms with Gasteiger partial charge in [-0.2, -0.15) is 5.59 Å². The summed E-state index contributed by atoms with van der Waals surface area (Å²) < 4.78 is 0. The van der Waals surface area contributed by atoms with Crippen LogP contribution in [0.15, 0.2) is 5.10 Å². The van der Waals surface area contributed by atoms with Crippen LogP contribution in [0.2, 0.25) is 0 Å². The average molecular weight is 103 g/mol. The van der Waals surface area contributed by atoms with Crippen molar-refractivity contribution in [3.8, 4) is 0 Å². The summed E-state index contributed by atoms with van der Waals surface area (Å²) in [7, 11) is 1.72. The minimum atomic E-state index is 0.641. The van der Waals surface area contributed by atoms with Crippen molar-refractivity contribution in [2.24, 2.45) is 5.10 Å². The van der Waals surface area contributed by atoms with E-state index in [4.69, 9.17) is 5.21 Å². The smallest absolute Gasteiger partial charge is 0.121 e. The maximum Gasteiger partial charge on any atom is 0.121 e. The number of nitrogens with one attached hydrogen (secondary N) is 2. The third-order valence-electron chi connectivity index (χ3n) is 0.580. The lowest BCUT2D eigenvalue weighted by Crippen LogP contribution is -2.16. The Kier molecular flexibility index (Phi) is 3.04. The van der Waals surface area contributed by atoms with Crippen LogP contribution in [0.1, 0.15) is 6.92 Å². The van der Waals surface area contributed by atoms with Crippen LogP contribution in [0.4, 0.5) is 0 Å². The molecule has 0 spiro atoms. The van der Waals surface area contributed by atoms with Crippen LogP contribution in [-0.2, 0) is 0 Å². The van der Waals surface area contributed by atoms with E-state index >= 15 is 0 Å². The Morgan fingerprint density at radius 1 is 1.71 bits per heavy atom. The highest BCUT2D eigenvalue weighted by molar-refractivity contribution is 5.78. The molecule has 0 aliphatic rings. The summed E-state index contributed by atoms with van der Waals surface area (Å²) >= 11 is 0. The monoisotopic (exact) mass is 103 g/mol. The van der Waals surface area contributed by atoms with E-state index in [0.717, 1.165) is 0 Å². The van der Waals surface area contributed by atoms with Crippen LogP contribution in [0, 0.1) is 0 Å². The topological polar surface area (TPSA) is 56.7 Å². The predicted octanol–water partition coefficient (Wildman–Crippen LogP) is -0.482. The van der Waals surface area contributed by atoms with Gasteiger partial charge >= 0.3 is 0 Å². The number of nitrogens with zero attached hydrogens (tertiary/aromatic N) is 1. The fourth-order valence-electron chi connectivity index (χ4n) is 0.131. The minimum Gasteiger partial charge on any atom is -0.375 e. The van der Waals surface area contributed by atoms with E-state index in [1.807, 2.05) is 0 Å². The largest absolute Gasteiger partial charge is 0.375 e. The normalized spacial score (nSPS) is 11.0. The van der Waals surface area contributed by atoms with Crippen molar-refractivity contribution in [3.05, 3.63) is 0 Å². The van der Waals surface area contributed by atoms with Gasteiger partial charge in [-0.1, -0.05) is 0 Å². The van der Waals surface area contributed by atoms with Gasteiger partial charge < -0.3 is 5.32 Å². The van der Waals surface area contributed by atoms with E-state index in [-0.39, 0.29) is 0 Å². The molecule has 0 fully saturated rings. The standard InChI is InChI=1S/C3H9N3O/c1-3(4-2)5-6-7/h6-7H,1-2H3,(H,4,5). The molecule has 7 heavy (non-hydrogen) atoms. The molecule has 0 aliphatic carbocycles. The third kappa shape index (κ3) is 3.05. The molecule has 0 heterocycles. The maximum atomic E-state index is 7.89. The van der Waals surface area contributed by atoms with Crippen LogP contribution < -0.4 is 10.9 Å². The Labute approximate surface area is 42.2 Å². The molecule has 0 aromatic rings. The number of hydrogen-bond acceptors (Lipinski definition) is 3. The first-order valence-corrected chi connectivity index (χ1v) is 1.92. The van der Waals surface area contributed by atoms with E-state index in [1.54, 1.807) is 19.6 Å². The highest BCUT2D eigenvalue weighted by atomic mass is 16.5. The maximum absolute atomic E-state index is 7.89. The summed E-state index contributed by atoms with van der Waals surface area (Å²) in [5.41, 5.74) is 1.64. The van der Waals surface area contributed by atoms with Crippen molar-refractivity contribution >= 4 is 5.84 Å². The first-order valence-electron chi connectivity index (χ1n) is 1.92. The predicted molar refractivity (Wildman–Crippen MR) is 27.1 cm³/mol. The number of hydrogen-bond donors (Lipinski definition) is 3. The van der Waals surface area contributed by atoms with Crippen LogP contribution in [0.3, 0.4) is 0 Å². The zero-order valence-electron chi connectivity index (χ0n) is 4.39. The molecule has 0 rings (SSSR count). The summed E-state index contributed by atoms with van der Waals surface area (Å²) in [6, 6.07) is 0. The molecule has 4 nitrogen and oxygen atoms in total. The van der Waals surface area contributed by atoms with Gasteiger partial charge in [0.05, 0.1) is 0 Å². The lowest BCUT2D eigenvalue weighted by atomic mass is 10.7. The van der Waals surface area contributed by atoms with Gasteiger partial charge in [0.2, 0.25) is 0 Å². The van der Waals surface area contributed by atoms with Gasteiger partial charge in [0.25, 0.3) is 0 Å². The van der Waals surface area contributed by atoms with Gasteiger partial charge in [-0.15, -0.1) is 5.10 Å². The molecule has 0 atom stereocenters. The highest BCUT2D eigenvalue weighted by Crippen LogP contribution is 1.59. The molecule has 0 saturated carbocycles. The Hall–Kier alpha value is -0.770. The summed E-state index contributed by atoms with van der Waals surface area (Å²) in [6.07, 6.45) is 0. The second kappa shape index (κ2) is 3.42. The molecule has 0 unspecified atom stereocenters. The van der Waals surface area contributed by atoms with Gasteiger partial charge in [0.1, 0.15) is 5.84 Å². The van der Waals surface area contributed by atoms with Crippen molar-refractivity contribution < 1.29 is 5.21 Å².